The lowest BCUT2D eigenvalue weighted by Gasteiger charge is -2.30. The number of rotatable bonds is 9. The van der Waals surface area contributed by atoms with Gasteiger partial charge in [0.05, 0.1) is 41.7 Å². The highest BCUT2D eigenvalue weighted by Gasteiger charge is 2.39. The Bertz CT molecular complexity index is 4230. The molecule has 5 heterocycles. The molecule has 7 aromatic carbocycles. The lowest BCUT2D eigenvalue weighted by Crippen LogP contribution is -2.46. The molecule has 462 valence electrons. The zero-order valence-corrected chi connectivity index (χ0v) is 50.4. The van der Waals surface area contributed by atoms with Crippen molar-refractivity contribution in [1.29, 1.82) is 0 Å². The fourth-order valence-corrected chi connectivity index (χ4v) is 11.7. The summed E-state index contributed by atoms with van der Waals surface area (Å²) in [4.78, 5) is 79.0. The van der Waals surface area contributed by atoms with E-state index < -0.39 is 160 Å². The van der Waals surface area contributed by atoms with Crippen molar-refractivity contribution in [3.8, 4) is 51.4 Å². The molecule has 90 heavy (non-hydrogen) atoms. The molecule has 0 spiro atoms. The average Bonchev–Trinajstić information content (AvgIpc) is 1.43. The van der Waals surface area contributed by atoms with E-state index in [4.69, 9.17) is 74.3 Å². The van der Waals surface area contributed by atoms with Gasteiger partial charge in [-0.25, -0.2) is 29.8 Å². The van der Waals surface area contributed by atoms with Crippen molar-refractivity contribution < 1.29 is 80.1 Å². The second-order valence-corrected chi connectivity index (χ2v) is 23.1. The Hall–Kier alpha value is -9.49. The van der Waals surface area contributed by atoms with Gasteiger partial charge in [-0.1, -0.05) is 106 Å². The SMILES string of the molecule is CN1C(=O)C(c2cc(Cl)c(O)c(Cl)c2)N=C(O)C2N=C(O)C(c3cc(Cl)c(O)c(Cl)c3)N=C(O)C(NC(=O)C(=O)c3cc(Cl)c(O)c(Cl)c3)CC3C(O)=Nc4cc(ccc43)-c3cc2cc(c3O)Oc2ccc(cc2)CC1C(O)=NC(C(=O)O)c1ccc(O)cc1. The lowest BCUT2D eigenvalue weighted by atomic mass is 9.90. The smallest absolute Gasteiger partial charge is 0.333 e. The summed E-state index contributed by atoms with van der Waals surface area (Å²) in [6, 6.07) is 12.6. The monoisotopic (exact) mass is 1340 g/mol. The Kier molecular flexibility index (Phi) is 18.0. The number of Topliss-reactive ketones (excluding diaryl/α,β-unsaturated/α-hetero) is 1. The minimum absolute atomic E-state index is 0.0172. The number of carbonyl (C=O) groups excluding carboxylic acids is 3. The average molecular weight is 1340 g/mol. The summed E-state index contributed by atoms with van der Waals surface area (Å²) in [5.41, 5.74) is -0.242. The van der Waals surface area contributed by atoms with Crippen LogP contribution in [0.5, 0.6) is 40.2 Å². The van der Waals surface area contributed by atoms with Crippen LogP contribution >= 0.6 is 69.6 Å². The van der Waals surface area contributed by atoms with Crippen LogP contribution < -0.4 is 10.1 Å². The number of carbonyl (C=O) groups is 4. The van der Waals surface area contributed by atoms with Crippen LogP contribution in [0.15, 0.2) is 140 Å². The minimum atomic E-state index is -2.12. The highest BCUT2D eigenvalue weighted by molar-refractivity contribution is 6.45. The second kappa shape index (κ2) is 25.5. The summed E-state index contributed by atoms with van der Waals surface area (Å²) in [5.74, 6) is -14.3. The van der Waals surface area contributed by atoms with Gasteiger partial charge in [0.2, 0.25) is 29.4 Å². The van der Waals surface area contributed by atoms with Crippen LogP contribution in [-0.2, 0) is 20.8 Å². The zero-order valence-electron chi connectivity index (χ0n) is 45.8. The normalized spacial score (nSPS) is 19.7. The van der Waals surface area contributed by atoms with Crippen LogP contribution in [0.3, 0.4) is 0 Å². The molecule has 7 atom stereocenters. The number of aliphatic carboxylic acids is 1. The van der Waals surface area contributed by atoms with Gasteiger partial charge in [-0.2, -0.15) is 0 Å². The van der Waals surface area contributed by atoms with Gasteiger partial charge >= 0.3 is 5.97 Å². The van der Waals surface area contributed by atoms with Crippen LogP contribution in [-0.4, -0.2) is 133 Å². The molecule has 0 radical (unpaired) electrons. The zero-order chi connectivity index (χ0) is 64.9. The van der Waals surface area contributed by atoms with Crippen molar-refractivity contribution in [2.45, 2.75) is 55.0 Å². The third-order valence-electron chi connectivity index (χ3n) is 14.9. The van der Waals surface area contributed by atoms with Gasteiger partial charge in [0.1, 0.15) is 23.6 Å². The molecule has 23 nitrogen and oxygen atoms in total. The molecule has 7 aromatic rings. The highest BCUT2D eigenvalue weighted by Crippen LogP contribution is 2.48. The number of phenolic OH excluding ortho intramolecular Hbond substituents is 5. The van der Waals surface area contributed by atoms with Gasteiger partial charge in [0.15, 0.2) is 58.8 Å². The Morgan fingerprint density at radius 3 is 1.70 bits per heavy atom. The molecule has 5 aliphatic heterocycles. The molecule has 12 rings (SSSR count). The van der Waals surface area contributed by atoms with Crippen molar-refractivity contribution >= 4 is 128 Å². The van der Waals surface area contributed by atoms with E-state index in [1.54, 1.807) is 0 Å². The van der Waals surface area contributed by atoms with E-state index in [0.29, 0.717) is 5.56 Å². The Labute approximate surface area is 538 Å². The maximum Gasteiger partial charge on any atom is 0.333 e. The summed E-state index contributed by atoms with van der Waals surface area (Å²) in [6.45, 7) is 0. The maximum atomic E-state index is 15.5. The number of phenols is 5. The quantitative estimate of drug-likeness (QED) is 0.0276. The largest absolute Gasteiger partial charge is 0.508 e. The molecule has 0 saturated carbocycles. The molecule has 29 heteroatoms. The summed E-state index contributed by atoms with van der Waals surface area (Å²) in [6.07, 6.45) is -0.855. The number of aliphatic hydroxyl groups excluding tert-OH is 5. The van der Waals surface area contributed by atoms with Crippen molar-refractivity contribution in [3.63, 3.8) is 0 Å². The van der Waals surface area contributed by atoms with Crippen LogP contribution in [0.2, 0.25) is 30.1 Å². The van der Waals surface area contributed by atoms with Crippen molar-refractivity contribution in [1.82, 2.24) is 10.2 Å². The van der Waals surface area contributed by atoms with E-state index in [1.165, 1.54) is 85.9 Å². The van der Waals surface area contributed by atoms with E-state index in [-0.39, 0.29) is 68.3 Å². The molecule has 0 aliphatic carbocycles. The third-order valence-corrected chi connectivity index (χ3v) is 16.6. The Morgan fingerprint density at radius 2 is 1.13 bits per heavy atom. The molecule has 9 bridgehead atoms. The molecule has 0 saturated heterocycles. The van der Waals surface area contributed by atoms with E-state index in [0.717, 1.165) is 41.3 Å². The maximum absolute atomic E-state index is 15.5. The predicted octanol–water partition coefficient (Wildman–Crippen LogP) is 12.6. The standard InChI is InChI=1S/C61H45Cl6N7O16/c1-74-43(56(83)73-48(61(88)89)24-4-7-30(75)8-5-24)12-23-2-9-31(10-3-23)90-44-21-26-13-33(50(44)77)25-6-11-32-34(54(81)68-41(32)20-25)22-42(69-59(86)49(76)29-18-39(66)53(80)40(67)19-29)55(82)70-46(27-14-35(62)51(78)36(63)15-27)57(84)71-45(26)58(85)72-47(60(74)87)28-16-37(64)52(79)38(65)17-28/h2-11,13-21,34,42-43,45-48,75,77-80H,12,22H2,1H3,(H,68,81)(H,69,86)(H,70,82)(H,71,84)(H,72,85)(H,73,83)(H,88,89). The lowest BCUT2D eigenvalue weighted by molar-refractivity contribution is -0.138. The number of aliphatic hydroxyl groups is 5. The van der Waals surface area contributed by atoms with Gasteiger partial charge in [-0.15, -0.1) is 0 Å². The number of fused-ring (bicyclic) bond motifs is 12. The Morgan fingerprint density at radius 1 is 0.611 bits per heavy atom. The first-order valence-electron chi connectivity index (χ1n) is 26.5. The fraction of sp³-hybridized carbons (Fsp3) is 0.164. The van der Waals surface area contributed by atoms with Crippen molar-refractivity contribution in [3.05, 3.63) is 184 Å². The number of benzene rings is 7. The van der Waals surface area contributed by atoms with Crippen LogP contribution in [0.1, 0.15) is 80.2 Å². The van der Waals surface area contributed by atoms with Crippen molar-refractivity contribution in [2.24, 2.45) is 25.0 Å². The molecule has 0 fully saturated rings. The number of aromatic hydroxyl groups is 5. The first-order valence-corrected chi connectivity index (χ1v) is 28.7. The van der Waals surface area contributed by atoms with Crippen LogP contribution in [0, 0.1) is 0 Å². The number of aliphatic imine (C=N–C) groups is 5. The van der Waals surface area contributed by atoms with Gasteiger partial charge in [0.25, 0.3) is 11.8 Å². The number of amides is 2. The molecule has 2 amide bonds. The molecule has 5 aliphatic rings. The third kappa shape index (κ3) is 12.9. The summed E-state index contributed by atoms with van der Waals surface area (Å²) in [7, 11) is 1.20. The van der Waals surface area contributed by atoms with Gasteiger partial charge in [0, 0.05) is 24.6 Å². The fourth-order valence-electron chi connectivity index (χ4n) is 10.2. The van der Waals surface area contributed by atoms with Gasteiger partial charge in [-0.05, 0) is 124 Å². The first kappa shape index (κ1) is 63.5. The van der Waals surface area contributed by atoms with Crippen molar-refractivity contribution in [2.75, 3.05) is 7.05 Å². The number of halogens is 6. The number of hydrogen-bond acceptors (Lipinski definition) is 15. The number of nitrogens with one attached hydrogen (secondary N) is 1. The molecule has 12 N–H and O–H groups in total. The van der Waals surface area contributed by atoms with Crippen LogP contribution in [0.25, 0.3) is 11.1 Å². The Balaban J connectivity index is 1.22. The molecule has 7 unspecified atom stereocenters. The predicted molar refractivity (Wildman–Crippen MR) is 335 cm³/mol. The first-order chi connectivity index (χ1) is 42.6. The summed E-state index contributed by atoms with van der Waals surface area (Å²) in [5, 5.41) is 126. The van der Waals surface area contributed by atoms with Gasteiger partial charge < -0.3 is 71.1 Å². The molecular weight excluding hydrogens is 1300 g/mol. The van der Waals surface area contributed by atoms with E-state index in [1.807, 2.05) is 0 Å². The number of likely N-dealkylation sites (N-methyl/N-ethyl adjacent to an activating group) is 1. The summed E-state index contributed by atoms with van der Waals surface area (Å²) < 4.78 is 6.36. The number of ketones is 1. The summed E-state index contributed by atoms with van der Waals surface area (Å²) >= 11 is 38.1. The number of carboxylic acids is 1. The number of nitrogens with zero attached hydrogens (tertiary/aromatic N) is 6. The molecule has 0 aromatic heterocycles. The number of ether oxygens (including phenoxy) is 1. The molecular formula is C61H45Cl6N7O16. The van der Waals surface area contributed by atoms with E-state index in [2.05, 4.69) is 30.3 Å². The van der Waals surface area contributed by atoms with E-state index in [9.17, 15) is 70.6 Å². The highest BCUT2D eigenvalue weighted by atomic mass is 35.5. The van der Waals surface area contributed by atoms with E-state index >= 15 is 4.79 Å². The minimum Gasteiger partial charge on any atom is -0.508 e. The number of carboxylic acid groups (broad SMARTS) is 1. The van der Waals surface area contributed by atoms with Crippen LogP contribution in [0.4, 0.5) is 5.69 Å². The second-order valence-electron chi connectivity index (χ2n) is 20.7. The number of hydrogen-bond donors (Lipinski definition) is 12. The topological polar surface area (TPSA) is 377 Å². The van der Waals surface area contributed by atoms with Gasteiger partial charge in [-0.3, -0.25) is 14.4 Å².